The Bertz CT molecular complexity index is 918. The van der Waals surface area contributed by atoms with Crippen molar-refractivity contribution >= 4 is 11.4 Å². The van der Waals surface area contributed by atoms with Gasteiger partial charge < -0.3 is 5.53 Å². The number of hydrogen-bond acceptors (Lipinski definition) is 0. The summed E-state index contributed by atoms with van der Waals surface area (Å²) in [4.78, 5) is 0. The van der Waals surface area contributed by atoms with E-state index in [1.807, 2.05) is 0 Å². The Morgan fingerprint density at radius 1 is 0.759 bits per heavy atom. The van der Waals surface area contributed by atoms with Crippen molar-refractivity contribution in [2.45, 2.75) is 72.1 Å². The summed E-state index contributed by atoms with van der Waals surface area (Å²) in [7, 11) is 0. The summed E-state index contributed by atoms with van der Waals surface area (Å²) in [5.41, 5.74) is 18.7. The van der Waals surface area contributed by atoms with Gasteiger partial charge in [0.25, 0.3) is 0 Å². The molecule has 152 valence electrons. The van der Waals surface area contributed by atoms with Gasteiger partial charge in [0, 0.05) is 22.8 Å². The van der Waals surface area contributed by atoms with Crippen molar-refractivity contribution in [3.63, 3.8) is 0 Å². The first-order valence-corrected chi connectivity index (χ1v) is 11.2. The summed E-state index contributed by atoms with van der Waals surface area (Å²) >= 11 is 0. The van der Waals surface area contributed by atoms with Crippen molar-refractivity contribution in [2.24, 2.45) is 0 Å². The van der Waals surface area contributed by atoms with Gasteiger partial charge in [0.2, 0.25) is 11.4 Å². The third kappa shape index (κ3) is 5.53. The van der Waals surface area contributed by atoms with Crippen LogP contribution in [-0.4, -0.2) is 4.70 Å². The number of allylic oxidation sites excluding steroid dienone is 2. The molecule has 0 fully saturated rings. The Labute approximate surface area is 176 Å². The predicted molar refractivity (Wildman–Crippen MR) is 123 cm³/mol. The van der Waals surface area contributed by atoms with Gasteiger partial charge in [0.15, 0.2) is 0 Å². The molecule has 1 heterocycles. The zero-order valence-corrected chi connectivity index (χ0v) is 18.2. The average Bonchev–Trinajstić information content (AvgIpc) is 3.03. The molecule has 2 nitrogen and oxygen atoms in total. The first-order valence-electron chi connectivity index (χ1n) is 11.2. The van der Waals surface area contributed by atoms with Crippen LogP contribution in [0.4, 0.5) is 0 Å². The minimum Gasteiger partial charge on any atom is -0.493 e. The molecule has 0 saturated heterocycles. The second-order valence-electron chi connectivity index (χ2n) is 8.33. The fourth-order valence-corrected chi connectivity index (χ4v) is 4.12. The lowest BCUT2D eigenvalue weighted by Gasteiger charge is -2.10. The van der Waals surface area contributed by atoms with Crippen LogP contribution in [0, 0.1) is 13.8 Å². The van der Waals surface area contributed by atoms with Crippen molar-refractivity contribution < 1.29 is 4.70 Å². The lowest BCUT2D eigenvalue weighted by molar-refractivity contribution is -0.344. The van der Waals surface area contributed by atoms with Crippen LogP contribution in [0.2, 0.25) is 0 Å². The highest BCUT2D eigenvalue weighted by atomic mass is 15.2. The van der Waals surface area contributed by atoms with E-state index in [1.54, 1.807) is 0 Å². The lowest BCUT2D eigenvalue weighted by Crippen LogP contribution is -2.02. The molecule has 0 saturated carbocycles. The van der Waals surface area contributed by atoms with Crippen LogP contribution >= 0.6 is 0 Å². The maximum absolute atomic E-state index is 11.1. The van der Waals surface area contributed by atoms with Gasteiger partial charge in [-0.25, -0.2) is 4.70 Å². The second kappa shape index (κ2) is 10.3. The second-order valence-corrected chi connectivity index (χ2v) is 8.33. The van der Waals surface area contributed by atoms with Crippen molar-refractivity contribution in [3.8, 4) is 0 Å². The number of aryl methyl sites for hydroxylation is 2. The van der Waals surface area contributed by atoms with Crippen LogP contribution in [-0.2, 0) is 0 Å². The largest absolute Gasteiger partial charge is 0.493 e. The predicted octanol–water partition coefficient (Wildman–Crippen LogP) is 8.24. The van der Waals surface area contributed by atoms with Crippen molar-refractivity contribution in [3.05, 3.63) is 88.0 Å². The molecule has 0 unspecified atom stereocenters. The van der Waals surface area contributed by atoms with Crippen molar-refractivity contribution in [2.75, 3.05) is 0 Å². The van der Waals surface area contributed by atoms with E-state index in [9.17, 15) is 5.53 Å². The van der Waals surface area contributed by atoms with Crippen molar-refractivity contribution in [1.82, 2.24) is 0 Å². The summed E-state index contributed by atoms with van der Waals surface area (Å²) < 4.78 is 1.40. The van der Waals surface area contributed by atoms with Gasteiger partial charge in [0.1, 0.15) is 0 Å². The van der Waals surface area contributed by atoms with E-state index in [0.717, 1.165) is 28.9 Å². The van der Waals surface area contributed by atoms with Gasteiger partial charge in [-0.1, -0.05) is 80.8 Å². The molecule has 0 aliphatic carbocycles. The molecular formula is C27H34N2. The van der Waals surface area contributed by atoms with Gasteiger partial charge in [0.05, 0.1) is 0 Å². The standard InChI is InChI=1S/C27H34N2/c1-4-5-6-7-8-9-10-15-25-20-26(23-16-11-13-21(2)18-23)29(28)27(25)24-17-12-14-22(3)19-24/h11-14,16-20H,4-10,15H2,1-3H3. The van der Waals surface area contributed by atoms with Gasteiger partial charge in [-0.3, -0.25) is 0 Å². The van der Waals surface area contributed by atoms with Crippen LogP contribution in [0.25, 0.3) is 16.9 Å². The molecular weight excluding hydrogens is 352 g/mol. The first-order chi connectivity index (χ1) is 14.1. The Morgan fingerprint density at radius 3 is 2.00 bits per heavy atom. The highest BCUT2D eigenvalue weighted by molar-refractivity contribution is 5.78. The van der Waals surface area contributed by atoms with Gasteiger partial charge in [-0.15, -0.1) is 0 Å². The molecule has 0 atom stereocenters. The van der Waals surface area contributed by atoms with E-state index in [-0.39, 0.29) is 0 Å². The van der Waals surface area contributed by atoms with Crippen molar-refractivity contribution in [1.29, 1.82) is 0 Å². The minimum atomic E-state index is 0.878. The molecule has 2 heteroatoms. The molecule has 29 heavy (non-hydrogen) atoms. The Morgan fingerprint density at radius 2 is 1.34 bits per heavy atom. The SMILES string of the molecule is CCCCCCCCCC1=C(c2cccc(C)c2)[N+](=[N-])C(c2cccc(C)c2)=C1. The normalized spacial score (nSPS) is 13.9. The maximum atomic E-state index is 11.1. The number of unbranched alkanes of at least 4 members (excludes halogenated alkanes) is 6. The Hall–Kier alpha value is -2.48. The highest BCUT2D eigenvalue weighted by Gasteiger charge is 2.28. The molecule has 3 rings (SSSR count). The minimum absolute atomic E-state index is 0.878. The zero-order chi connectivity index (χ0) is 20.6. The zero-order valence-electron chi connectivity index (χ0n) is 18.2. The van der Waals surface area contributed by atoms with E-state index >= 15 is 0 Å². The van der Waals surface area contributed by atoms with E-state index in [1.165, 1.54) is 66.3 Å². The lowest BCUT2D eigenvalue weighted by atomic mass is 10.00. The molecule has 0 radical (unpaired) electrons. The van der Waals surface area contributed by atoms with E-state index < -0.39 is 0 Å². The van der Waals surface area contributed by atoms with E-state index in [0.29, 0.717) is 0 Å². The summed E-state index contributed by atoms with van der Waals surface area (Å²) in [5, 5.41) is 0. The smallest absolute Gasteiger partial charge is 0.210 e. The Balaban J connectivity index is 1.79. The number of nitrogens with zero attached hydrogens (tertiary/aromatic N) is 2. The van der Waals surface area contributed by atoms with Gasteiger partial charge in [-0.2, -0.15) is 0 Å². The summed E-state index contributed by atoms with van der Waals surface area (Å²) in [6.07, 6.45) is 12.3. The molecule has 1 aliphatic heterocycles. The van der Waals surface area contributed by atoms with E-state index in [2.05, 4.69) is 75.4 Å². The molecule has 2 aromatic carbocycles. The topological polar surface area (TPSA) is 25.3 Å². The summed E-state index contributed by atoms with van der Waals surface area (Å²) in [6, 6.07) is 16.8. The molecule has 1 aliphatic rings. The van der Waals surface area contributed by atoms with Gasteiger partial charge in [-0.05, 0) is 51.0 Å². The monoisotopic (exact) mass is 386 g/mol. The molecule has 2 aromatic rings. The summed E-state index contributed by atoms with van der Waals surface area (Å²) in [5.74, 6) is 0. The molecule has 0 aromatic heterocycles. The number of benzene rings is 2. The highest BCUT2D eigenvalue weighted by Crippen LogP contribution is 2.37. The first kappa shape index (κ1) is 21.2. The van der Waals surface area contributed by atoms with E-state index in [4.69, 9.17) is 0 Å². The van der Waals surface area contributed by atoms with Crippen LogP contribution < -0.4 is 0 Å². The average molecular weight is 387 g/mol. The van der Waals surface area contributed by atoms with Crippen LogP contribution in [0.1, 0.15) is 80.5 Å². The van der Waals surface area contributed by atoms with Gasteiger partial charge >= 0.3 is 0 Å². The Kier molecular flexibility index (Phi) is 7.57. The fraction of sp³-hybridized carbons (Fsp3) is 0.407. The third-order valence-corrected chi connectivity index (χ3v) is 5.71. The number of hydrogen-bond donors (Lipinski definition) is 0. The fourth-order valence-electron chi connectivity index (χ4n) is 4.12. The molecule has 0 N–H and O–H groups in total. The van der Waals surface area contributed by atoms with Crippen LogP contribution in [0.15, 0.2) is 60.2 Å². The third-order valence-electron chi connectivity index (χ3n) is 5.71. The van der Waals surface area contributed by atoms with Crippen LogP contribution in [0.5, 0.6) is 0 Å². The number of rotatable bonds is 10. The van der Waals surface area contributed by atoms with Crippen LogP contribution in [0.3, 0.4) is 0 Å². The molecule has 0 spiro atoms. The summed E-state index contributed by atoms with van der Waals surface area (Å²) in [6.45, 7) is 6.46. The maximum Gasteiger partial charge on any atom is 0.210 e. The quantitative estimate of drug-likeness (QED) is 0.290. The molecule has 0 amide bonds. The molecule has 0 bridgehead atoms.